The summed E-state index contributed by atoms with van der Waals surface area (Å²) in [5.41, 5.74) is 0.468. The number of hydrogen-bond acceptors (Lipinski definition) is 6. The van der Waals surface area contributed by atoms with Crippen molar-refractivity contribution in [2.45, 2.75) is 77.0 Å². The fourth-order valence-electron chi connectivity index (χ4n) is 5.28. The van der Waals surface area contributed by atoms with Gasteiger partial charge in [0.1, 0.15) is 23.9 Å². The number of halogens is 3. The standard InChI is InChI=1S/C24H32F3N5O2/c1-14(2)31(4)16-5-8-21(15(3)11-16)32-10-9-20(23(32)33)30-22-18-12-17(34-24(25,26)27)6-7-19(18)28-13-29-22/h6-7,12-16,20-21H,5,8-11H2,1-4H3,(H,28,29,30)/t15-,16+,20-,21-/m0/s1. The van der Waals surface area contributed by atoms with Crippen LogP contribution in [0.25, 0.3) is 10.9 Å². The largest absolute Gasteiger partial charge is 0.573 e. The van der Waals surface area contributed by atoms with Crippen LogP contribution in [-0.4, -0.2) is 69.8 Å². The number of hydrogen-bond donors (Lipinski definition) is 1. The first-order chi connectivity index (χ1) is 16.0. The topological polar surface area (TPSA) is 70.6 Å². The third-order valence-corrected chi connectivity index (χ3v) is 7.28. The van der Waals surface area contributed by atoms with E-state index in [0.717, 1.165) is 19.3 Å². The van der Waals surface area contributed by atoms with Crippen LogP contribution in [0, 0.1) is 5.92 Å². The Balaban J connectivity index is 1.46. The lowest BCUT2D eigenvalue weighted by atomic mass is 9.81. The van der Waals surface area contributed by atoms with E-state index < -0.39 is 12.4 Å². The van der Waals surface area contributed by atoms with Crippen LogP contribution in [0.15, 0.2) is 24.5 Å². The van der Waals surface area contributed by atoms with Crippen molar-refractivity contribution in [1.29, 1.82) is 0 Å². The number of nitrogens with one attached hydrogen (secondary N) is 1. The normalized spacial score (nSPS) is 26.0. The molecule has 1 aliphatic carbocycles. The van der Waals surface area contributed by atoms with E-state index in [1.54, 1.807) is 0 Å². The van der Waals surface area contributed by atoms with Crippen LogP contribution in [-0.2, 0) is 4.79 Å². The second-order valence-corrected chi connectivity index (χ2v) is 9.74. The molecule has 2 heterocycles. The molecule has 10 heteroatoms. The highest BCUT2D eigenvalue weighted by molar-refractivity contribution is 5.93. The third-order valence-electron chi connectivity index (χ3n) is 7.28. The van der Waals surface area contributed by atoms with E-state index in [4.69, 9.17) is 0 Å². The molecule has 2 aliphatic rings. The smallest absolute Gasteiger partial charge is 0.406 e. The number of likely N-dealkylation sites (tertiary alicyclic amines) is 1. The van der Waals surface area contributed by atoms with Crippen molar-refractivity contribution in [3.8, 4) is 5.75 Å². The minimum atomic E-state index is -4.79. The number of nitrogens with zero attached hydrogens (tertiary/aromatic N) is 4. The number of carbonyl (C=O) groups excluding carboxylic acids is 1. The first-order valence-corrected chi connectivity index (χ1v) is 11.8. The lowest BCUT2D eigenvalue weighted by Crippen LogP contribution is -2.50. The van der Waals surface area contributed by atoms with Gasteiger partial charge in [-0.3, -0.25) is 4.79 Å². The average Bonchev–Trinajstić information content (AvgIpc) is 3.12. The molecule has 0 bridgehead atoms. The van der Waals surface area contributed by atoms with Gasteiger partial charge in [0.2, 0.25) is 5.91 Å². The van der Waals surface area contributed by atoms with Crippen molar-refractivity contribution in [1.82, 2.24) is 19.8 Å². The van der Waals surface area contributed by atoms with Crippen LogP contribution in [0.2, 0.25) is 0 Å². The molecule has 1 aliphatic heterocycles. The predicted octanol–water partition coefficient (Wildman–Crippen LogP) is 4.44. The lowest BCUT2D eigenvalue weighted by molar-refractivity contribution is -0.274. The second-order valence-electron chi connectivity index (χ2n) is 9.74. The number of fused-ring (bicyclic) bond motifs is 1. The molecular formula is C24H32F3N5O2. The van der Waals surface area contributed by atoms with Gasteiger partial charge in [0, 0.05) is 30.1 Å². The molecule has 0 spiro atoms. The Labute approximate surface area is 197 Å². The Morgan fingerprint density at radius 2 is 1.97 bits per heavy atom. The van der Waals surface area contributed by atoms with Crippen LogP contribution in [0.5, 0.6) is 5.75 Å². The predicted molar refractivity (Wildman–Crippen MR) is 123 cm³/mol. The zero-order chi connectivity index (χ0) is 24.6. The van der Waals surface area contributed by atoms with E-state index in [0.29, 0.717) is 47.7 Å². The quantitative estimate of drug-likeness (QED) is 0.661. The van der Waals surface area contributed by atoms with Gasteiger partial charge in [-0.25, -0.2) is 9.97 Å². The highest BCUT2D eigenvalue weighted by Crippen LogP contribution is 2.35. The van der Waals surface area contributed by atoms with Crippen molar-refractivity contribution >= 4 is 22.6 Å². The average molecular weight is 480 g/mol. The Morgan fingerprint density at radius 3 is 2.65 bits per heavy atom. The van der Waals surface area contributed by atoms with Crippen molar-refractivity contribution in [2.75, 3.05) is 18.9 Å². The number of benzene rings is 1. The SMILES string of the molecule is CC(C)N(C)[C@@H]1CC[C@H](N2CC[C@H](Nc3ncnc4ccc(OC(F)(F)F)cc34)C2=O)[C@@H](C)C1. The molecule has 0 radical (unpaired) electrons. The molecule has 34 heavy (non-hydrogen) atoms. The molecule has 1 saturated heterocycles. The lowest BCUT2D eigenvalue weighted by Gasteiger charge is -2.43. The molecule has 1 amide bonds. The second kappa shape index (κ2) is 9.56. The molecule has 2 fully saturated rings. The van der Waals surface area contributed by atoms with E-state index in [1.807, 2.05) is 4.90 Å². The van der Waals surface area contributed by atoms with Gasteiger partial charge in [-0.05, 0) is 70.7 Å². The monoisotopic (exact) mass is 479 g/mol. The van der Waals surface area contributed by atoms with Gasteiger partial charge in [0.25, 0.3) is 0 Å². The Bertz CT molecular complexity index is 1030. The molecule has 1 aromatic heterocycles. The van der Waals surface area contributed by atoms with Crippen molar-refractivity contribution < 1.29 is 22.7 Å². The molecule has 1 N–H and O–H groups in total. The fraction of sp³-hybridized carbons (Fsp3) is 0.625. The van der Waals surface area contributed by atoms with Crippen molar-refractivity contribution in [3.63, 3.8) is 0 Å². The Morgan fingerprint density at radius 1 is 1.21 bits per heavy atom. The van der Waals surface area contributed by atoms with Crippen molar-refractivity contribution in [2.24, 2.45) is 5.92 Å². The van der Waals surface area contributed by atoms with E-state index in [-0.39, 0.29) is 17.7 Å². The van der Waals surface area contributed by atoms with Crippen LogP contribution < -0.4 is 10.1 Å². The van der Waals surface area contributed by atoms with Crippen LogP contribution in [0.3, 0.4) is 0 Å². The summed E-state index contributed by atoms with van der Waals surface area (Å²) in [7, 11) is 2.17. The summed E-state index contributed by atoms with van der Waals surface area (Å²) in [6.45, 7) is 7.28. The maximum Gasteiger partial charge on any atom is 0.573 e. The molecule has 4 rings (SSSR count). The highest BCUT2D eigenvalue weighted by Gasteiger charge is 2.41. The zero-order valence-electron chi connectivity index (χ0n) is 20.0. The molecule has 1 aromatic carbocycles. The first-order valence-electron chi connectivity index (χ1n) is 11.8. The van der Waals surface area contributed by atoms with Gasteiger partial charge in [-0.1, -0.05) is 6.92 Å². The summed E-state index contributed by atoms with van der Waals surface area (Å²) in [4.78, 5) is 26.0. The molecule has 1 saturated carbocycles. The molecule has 4 atom stereocenters. The first kappa shape index (κ1) is 24.5. The highest BCUT2D eigenvalue weighted by atomic mass is 19.4. The van der Waals surface area contributed by atoms with E-state index in [9.17, 15) is 18.0 Å². The minimum Gasteiger partial charge on any atom is -0.406 e. The maximum absolute atomic E-state index is 13.3. The van der Waals surface area contributed by atoms with Gasteiger partial charge in [-0.2, -0.15) is 0 Å². The van der Waals surface area contributed by atoms with Gasteiger partial charge in [0.15, 0.2) is 0 Å². The third kappa shape index (κ3) is 5.21. The molecule has 7 nitrogen and oxygen atoms in total. The Kier molecular flexibility index (Phi) is 6.89. The number of anilines is 1. The summed E-state index contributed by atoms with van der Waals surface area (Å²) in [6.07, 6.45) is 0.237. The molecular weight excluding hydrogens is 447 g/mol. The van der Waals surface area contributed by atoms with E-state index >= 15 is 0 Å². The van der Waals surface area contributed by atoms with Gasteiger partial charge in [0.05, 0.1) is 5.52 Å². The number of alkyl halides is 3. The summed E-state index contributed by atoms with van der Waals surface area (Å²) in [5.74, 6) is 0.383. The number of aromatic nitrogens is 2. The number of rotatable bonds is 6. The van der Waals surface area contributed by atoms with Crippen LogP contribution in [0.1, 0.15) is 46.5 Å². The number of amides is 1. The molecule has 2 aromatic rings. The van der Waals surface area contributed by atoms with Gasteiger partial charge >= 0.3 is 6.36 Å². The van der Waals surface area contributed by atoms with E-state index in [1.165, 1.54) is 24.5 Å². The van der Waals surface area contributed by atoms with Crippen LogP contribution in [0.4, 0.5) is 19.0 Å². The number of carbonyl (C=O) groups is 1. The Hall–Kier alpha value is -2.62. The minimum absolute atomic E-state index is 0.0157. The van der Waals surface area contributed by atoms with Crippen LogP contribution >= 0.6 is 0 Å². The fourth-order valence-corrected chi connectivity index (χ4v) is 5.28. The zero-order valence-corrected chi connectivity index (χ0v) is 20.0. The number of ether oxygens (including phenoxy) is 1. The van der Waals surface area contributed by atoms with Crippen molar-refractivity contribution in [3.05, 3.63) is 24.5 Å². The molecule has 186 valence electrons. The molecule has 0 unspecified atom stereocenters. The van der Waals surface area contributed by atoms with E-state index in [2.05, 4.69) is 52.7 Å². The van der Waals surface area contributed by atoms with Gasteiger partial charge < -0.3 is 19.9 Å². The summed E-state index contributed by atoms with van der Waals surface area (Å²) >= 11 is 0. The van der Waals surface area contributed by atoms with Gasteiger partial charge in [-0.15, -0.1) is 13.2 Å². The summed E-state index contributed by atoms with van der Waals surface area (Å²) in [6, 6.07) is 4.64. The summed E-state index contributed by atoms with van der Waals surface area (Å²) in [5, 5.41) is 3.54. The maximum atomic E-state index is 13.3. The summed E-state index contributed by atoms with van der Waals surface area (Å²) < 4.78 is 42.0.